The Morgan fingerprint density at radius 2 is 1.36 bits per heavy atom. The van der Waals surface area contributed by atoms with Gasteiger partial charge in [0.05, 0.1) is 0 Å². The van der Waals surface area contributed by atoms with E-state index >= 15 is 0 Å². The van der Waals surface area contributed by atoms with Gasteiger partial charge < -0.3 is 24.8 Å². The van der Waals surface area contributed by atoms with E-state index in [9.17, 15) is 13.2 Å². The van der Waals surface area contributed by atoms with Crippen LogP contribution in [0.2, 0.25) is 0 Å². The molecule has 0 saturated heterocycles. The topological polar surface area (TPSA) is 0 Å². The molecule has 0 unspecified atom stereocenters. The number of allylic oxidation sites excluding steroid dienone is 4. The summed E-state index contributed by atoms with van der Waals surface area (Å²) in [6.45, 7) is 13.6. The fourth-order valence-corrected chi connectivity index (χ4v) is 6.69. The van der Waals surface area contributed by atoms with E-state index < -0.39 is 11.7 Å². The summed E-state index contributed by atoms with van der Waals surface area (Å²) in [7, 11) is 0. The number of halogens is 5. The van der Waals surface area contributed by atoms with Crippen LogP contribution in [0.3, 0.4) is 0 Å². The maximum Gasteiger partial charge on any atom is -0.109 e. The standard InChI is InChI=1S/C21H25.C18H11F3.C5H5.2ClH.Zr/c1-20(2,3)16-9-7-14-11-15-8-10-17(21(4,5)6)13-19(15)18(14)12-16;19-18(20,21)16-9-3-5-13(12-16)11-15-8-4-7-14-6-1-2-10-17(14)15;1-2-4-5-3-1;;;/h7,9-10,12-13H,11H2,1-6H3;1-10,12H;1-3H,4H2;2*1H;/q-1;;-1;;;+2/p-2. The molecule has 0 nitrogen and oxygen atoms in total. The third-order valence-corrected chi connectivity index (χ3v) is 10.0. The Hall–Kier alpha value is -3.04. The molecule has 2 aliphatic rings. The molecule has 0 heterocycles. The molecule has 0 aliphatic heterocycles. The molecule has 0 saturated carbocycles. The van der Waals surface area contributed by atoms with Gasteiger partial charge in [0.2, 0.25) is 0 Å². The molecule has 7 rings (SSSR count). The van der Waals surface area contributed by atoms with E-state index in [-0.39, 0.29) is 35.6 Å². The summed E-state index contributed by atoms with van der Waals surface area (Å²) in [6, 6.07) is 34.4. The number of hydrogen-bond acceptors (Lipinski definition) is 0. The first-order valence-corrected chi connectivity index (χ1v) is 17.5. The predicted octanol–water partition coefficient (Wildman–Crippen LogP) is 5.94. The monoisotopic (exact) mass is 786 g/mol. The number of benzene rings is 5. The van der Waals surface area contributed by atoms with Gasteiger partial charge in [0.25, 0.3) is 0 Å². The van der Waals surface area contributed by atoms with E-state index in [4.69, 9.17) is 0 Å². The molecule has 2 aliphatic carbocycles. The van der Waals surface area contributed by atoms with E-state index in [0.29, 0.717) is 5.56 Å². The molecular weight excluding hydrogens is 748 g/mol. The van der Waals surface area contributed by atoms with Gasteiger partial charge in [-0.25, -0.2) is 12.2 Å². The molecule has 0 fully saturated rings. The van der Waals surface area contributed by atoms with E-state index in [1.807, 2.05) is 54.6 Å². The fraction of sp³-hybridized carbons (Fsp3) is 0.250. The fourth-order valence-electron chi connectivity index (χ4n) is 5.77. The second kappa shape index (κ2) is 17.0. The molecule has 0 N–H and O–H groups in total. The van der Waals surface area contributed by atoms with Gasteiger partial charge in [-0.05, 0) is 17.4 Å². The van der Waals surface area contributed by atoms with E-state index in [0.717, 1.165) is 62.7 Å². The summed E-state index contributed by atoms with van der Waals surface area (Å²) in [5.74, 6) is 0. The average Bonchev–Trinajstić information content (AvgIpc) is 3.75. The van der Waals surface area contributed by atoms with Crippen LogP contribution in [0, 0.1) is 12.1 Å². The van der Waals surface area contributed by atoms with Crippen LogP contribution in [-0.2, 0) is 47.7 Å². The smallest absolute Gasteiger partial charge is 0.109 e. The van der Waals surface area contributed by atoms with Crippen molar-refractivity contribution in [2.45, 2.75) is 71.4 Å². The molecular formula is C44H41Cl2F3Zr-2. The van der Waals surface area contributed by atoms with Crippen molar-refractivity contribution in [3.63, 3.8) is 0 Å². The minimum atomic E-state index is -4.31. The van der Waals surface area contributed by atoms with Crippen molar-refractivity contribution in [2.75, 3.05) is 0 Å². The Labute approximate surface area is 323 Å². The summed E-state index contributed by atoms with van der Waals surface area (Å²) in [6.07, 6.45) is 6.71. The zero-order valence-electron chi connectivity index (χ0n) is 29.3. The average molecular weight is 789 g/mol. The molecule has 0 radical (unpaired) electrons. The molecule has 0 spiro atoms. The van der Waals surface area contributed by atoms with Crippen LogP contribution in [0.15, 0.2) is 115 Å². The van der Waals surface area contributed by atoms with Crippen molar-refractivity contribution >= 4 is 14.0 Å². The van der Waals surface area contributed by atoms with Gasteiger partial charge in [-0.1, -0.05) is 76.3 Å². The molecule has 258 valence electrons. The second-order valence-corrected chi connectivity index (χ2v) is 15.5. The SMILES string of the molecule is CC(C)(C)c1c[c-]c2c(c1)-c1cc(C(C)(C)C)ccc1C2.FC(F)(F)c1cccc([C](=[Zr+2])c2cccc3ccccc23)c1.[C-]1=CC=CC1.[Cl-].[Cl-]. The maximum atomic E-state index is 12.9. The first kappa shape index (κ1) is 41.4. The van der Waals surface area contributed by atoms with Gasteiger partial charge in [-0.2, -0.15) is 35.4 Å². The molecule has 0 amide bonds. The van der Waals surface area contributed by atoms with Crippen molar-refractivity contribution < 1.29 is 62.2 Å². The van der Waals surface area contributed by atoms with Crippen LogP contribution in [0.1, 0.15) is 86.9 Å². The van der Waals surface area contributed by atoms with Crippen molar-refractivity contribution in [1.82, 2.24) is 0 Å². The number of alkyl halides is 3. The molecule has 5 aromatic rings. The number of fused-ring (bicyclic) bond motifs is 4. The summed E-state index contributed by atoms with van der Waals surface area (Å²) < 4.78 is 39.6. The zero-order valence-corrected chi connectivity index (χ0v) is 33.2. The van der Waals surface area contributed by atoms with Gasteiger partial charge >= 0.3 is 141 Å². The summed E-state index contributed by atoms with van der Waals surface area (Å²) in [5.41, 5.74) is 9.78. The van der Waals surface area contributed by atoms with Crippen molar-refractivity contribution in [2.24, 2.45) is 0 Å². The van der Waals surface area contributed by atoms with Crippen LogP contribution in [0.5, 0.6) is 0 Å². The largest absolute Gasteiger partial charge is 1.00 e. The van der Waals surface area contributed by atoms with E-state index in [1.54, 1.807) is 6.07 Å². The van der Waals surface area contributed by atoms with E-state index in [1.165, 1.54) is 45.5 Å². The third kappa shape index (κ3) is 10.1. The summed E-state index contributed by atoms with van der Waals surface area (Å²) in [4.78, 5) is 0. The van der Waals surface area contributed by atoms with Gasteiger partial charge in [0.15, 0.2) is 0 Å². The second-order valence-electron chi connectivity index (χ2n) is 14.3. The number of rotatable bonds is 2. The maximum absolute atomic E-state index is 12.9. The minimum absolute atomic E-state index is 0. The van der Waals surface area contributed by atoms with Crippen LogP contribution in [0.4, 0.5) is 13.2 Å². The Balaban J connectivity index is 0.000000229. The third-order valence-electron chi connectivity index (χ3n) is 8.65. The van der Waals surface area contributed by atoms with Crippen molar-refractivity contribution in [3.05, 3.63) is 166 Å². The minimum Gasteiger partial charge on any atom is -1.00 e. The van der Waals surface area contributed by atoms with Crippen LogP contribution in [-0.4, -0.2) is 3.21 Å². The molecule has 0 aromatic heterocycles. The van der Waals surface area contributed by atoms with E-state index in [2.05, 4.69) is 90.1 Å². The summed E-state index contributed by atoms with van der Waals surface area (Å²) >= 11 is 1.09. The van der Waals surface area contributed by atoms with Gasteiger partial charge in [0, 0.05) is 0 Å². The first-order valence-electron chi connectivity index (χ1n) is 16.3. The normalized spacial score (nSPS) is 12.8. The van der Waals surface area contributed by atoms with Crippen molar-refractivity contribution in [3.8, 4) is 11.1 Å². The molecule has 6 heteroatoms. The Kier molecular flexibility index (Phi) is 14.1. The van der Waals surface area contributed by atoms with Gasteiger partial charge in [-0.3, -0.25) is 6.08 Å². The summed E-state index contributed by atoms with van der Waals surface area (Å²) in [5, 5.41) is 2.15. The van der Waals surface area contributed by atoms with Crippen LogP contribution >= 0.6 is 0 Å². The quantitative estimate of drug-likeness (QED) is 0.191. The molecule has 5 aromatic carbocycles. The Bertz CT molecular complexity index is 1930. The predicted molar refractivity (Wildman–Crippen MR) is 191 cm³/mol. The molecule has 0 bridgehead atoms. The van der Waals surface area contributed by atoms with Crippen LogP contribution in [0.25, 0.3) is 21.9 Å². The number of hydrogen-bond donors (Lipinski definition) is 0. The van der Waals surface area contributed by atoms with Crippen LogP contribution < -0.4 is 24.8 Å². The molecule has 50 heavy (non-hydrogen) atoms. The first-order chi connectivity index (χ1) is 22.6. The van der Waals surface area contributed by atoms with Gasteiger partial charge in [-0.15, -0.1) is 12.0 Å². The Morgan fingerprint density at radius 1 is 0.700 bits per heavy atom. The molecule has 0 atom stereocenters. The zero-order chi connectivity index (χ0) is 34.7. The van der Waals surface area contributed by atoms with Gasteiger partial charge in [0.1, 0.15) is 0 Å². The van der Waals surface area contributed by atoms with Crippen molar-refractivity contribution in [1.29, 1.82) is 0 Å². The Morgan fingerprint density at radius 3 is 1.98 bits per heavy atom.